The average molecular weight is 226 g/mol. The van der Waals surface area contributed by atoms with Gasteiger partial charge in [0.15, 0.2) is 0 Å². The zero-order valence-corrected chi connectivity index (χ0v) is 8.40. The highest BCUT2D eigenvalue weighted by molar-refractivity contribution is 6.31. The number of fused-ring (bicyclic) bond motifs is 1. The minimum absolute atomic E-state index is 0.0959. The number of aromatic hydroxyl groups is 1. The number of aromatic nitrogens is 1. The second-order valence-electron chi connectivity index (χ2n) is 3.16. The van der Waals surface area contributed by atoms with Crippen molar-refractivity contribution in [1.82, 2.24) is 4.57 Å². The molecular formula is C10H8ClNO3. The Hall–Kier alpha value is -1.68. The Morgan fingerprint density at radius 2 is 2.20 bits per heavy atom. The van der Waals surface area contributed by atoms with Gasteiger partial charge in [0.05, 0.1) is 5.52 Å². The third-order valence-corrected chi connectivity index (χ3v) is 2.48. The van der Waals surface area contributed by atoms with Gasteiger partial charge in [-0.05, 0) is 18.2 Å². The molecule has 0 bridgehead atoms. The van der Waals surface area contributed by atoms with Crippen LogP contribution in [0.5, 0.6) is 5.75 Å². The van der Waals surface area contributed by atoms with E-state index in [1.807, 2.05) is 0 Å². The topological polar surface area (TPSA) is 62.5 Å². The number of halogens is 1. The quantitative estimate of drug-likeness (QED) is 0.823. The summed E-state index contributed by atoms with van der Waals surface area (Å²) in [5.74, 6) is -0.878. The van der Waals surface area contributed by atoms with Crippen molar-refractivity contribution >= 4 is 28.5 Å². The second-order valence-corrected chi connectivity index (χ2v) is 3.54. The predicted molar refractivity (Wildman–Crippen MR) is 56.2 cm³/mol. The molecule has 2 aromatic rings. The van der Waals surface area contributed by atoms with Crippen molar-refractivity contribution in [3.8, 4) is 5.75 Å². The Balaban J connectivity index is 2.68. The Kier molecular flexibility index (Phi) is 2.28. The maximum Gasteiger partial charge on any atom is 0.323 e. The summed E-state index contributed by atoms with van der Waals surface area (Å²) in [7, 11) is 0. The van der Waals surface area contributed by atoms with Crippen LogP contribution in [0.2, 0.25) is 5.15 Å². The van der Waals surface area contributed by atoms with E-state index in [1.165, 1.54) is 10.6 Å². The number of rotatable bonds is 2. The highest BCUT2D eigenvalue weighted by atomic mass is 35.5. The van der Waals surface area contributed by atoms with E-state index in [0.29, 0.717) is 16.1 Å². The molecule has 2 rings (SSSR count). The molecule has 15 heavy (non-hydrogen) atoms. The lowest BCUT2D eigenvalue weighted by molar-refractivity contribution is -0.137. The van der Waals surface area contributed by atoms with Crippen LogP contribution in [-0.2, 0) is 11.3 Å². The molecule has 0 fully saturated rings. The summed E-state index contributed by atoms with van der Waals surface area (Å²) < 4.78 is 1.43. The van der Waals surface area contributed by atoms with Crippen molar-refractivity contribution in [2.24, 2.45) is 0 Å². The number of carboxylic acids is 1. The smallest absolute Gasteiger partial charge is 0.323 e. The van der Waals surface area contributed by atoms with E-state index >= 15 is 0 Å². The summed E-state index contributed by atoms with van der Waals surface area (Å²) in [6.07, 6.45) is 0. The van der Waals surface area contributed by atoms with Gasteiger partial charge in [-0.25, -0.2) is 0 Å². The van der Waals surface area contributed by atoms with Crippen molar-refractivity contribution < 1.29 is 15.0 Å². The van der Waals surface area contributed by atoms with E-state index in [2.05, 4.69) is 0 Å². The summed E-state index contributed by atoms with van der Waals surface area (Å²) in [5, 5.41) is 19.1. The number of aliphatic carboxylic acids is 1. The zero-order chi connectivity index (χ0) is 11.0. The highest BCUT2D eigenvalue weighted by Gasteiger charge is 2.11. The molecule has 78 valence electrons. The number of hydrogen-bond acceptors (Lipinski definition) is 2. The minimum atomic E-state index is -0.974. The van der Waals surface area contributed by atoms with Crippen LogP contribution in [0.1, 0.15) is 0 Å². The largest absolute Gasteiger partial charge is 0.507 e. The van der Waals surface area contributed by atoms with Gasteiger partial charge in [-0.2, -0.15) is 0 Å². The van der Waals surface area contributed by atoms with Crippen LogP contribution in [0.15, 0.2) is 24.3 Å². The Bertz CT molecular complexity index is 533. The maximum absolute atomic E-state index is 10.6. The lowest BCUT2D eigenvalue weighted by atomic mass is 10.2. The lowest BCUT2D eigenvalue weighted by Gasteiger charge is -2.02. The van der Waals surface area contributed by atoms with Crippen molar-refractivity contribution in [2.45, 2.75) is 6.54 Å². The zero-order valence-electron chi connectivity index (χ0n) is 7.64. The van der Waals surface area contributed by atoms with Gasteiger partial charge in [0.25, 0.3) is 0 Å². The molecule has 0 spiro atoms. The number of phenolic OH excluding ortho intramolecular Hbond substituents is 1. The Morgan fingerprint density at radius 3 is 2.87 bits per heavy atom. The van der Waals surface area contributed by atoms with E-state index in [4.69, 9.17) is 16.7 Å². The van der Waals surface area contributed by atoms with Gasteiger partial charge < -0.3 is 14.8 Å². The van der Waals surface area contributed by atoms with Gasteiger partial charge in [-0.15, -0.1) is 0 Å². The van der Waals surface area contributed by atoms with Crippen molar-refractivity contribution in [2.75, 3.05) is 0 Å². The number of nitrogens with zero attached hydrogens (tertiary/aromatic N) is 1. The van der Waals surface area contributed by atoms with Crippen molar-refractivity contribution in [1.29, 1.82) is 0 Å². The van der Waals surface area contributed by atoms with E-state index < -0.39 is 5.97 Å². The molecule has 1 heterocycles. The first-order valence-corrected chi connectivity index (χ1v) is 4.66. The molecule has 4 nitrogen and oxygen atoms in total. The minimum Gasteiger partial charge on any atom is -0.507 e. The van der Waals surface area contributed by atoms with E-state index in [0.717, 1.165) is 0 Å². The number of phenols is 1. The molecule has 0 aliphatic carbocycles. The van der Waals surface area contributed by atoms with Gasteiger partial charge in [0, 0.05) is 5.39 Å². The molecule has 2 N–H and O–H groups in total. The lowest BCUT2D eigenvalue weighted by Crippen LogP contribution is -2.08. The predicted octanol–water partition coefficient (Wildman–Crippen LogP) is 2.08. The van der Waals surface area contributed by atoms with Gasteiger partial charge in [0.1, 0.15) is 17.4 Å². The highest BCUT2D eigenvalue weighted by Crippen LogP contribution is 2.29. The molecule has 0 atom stereocenters. The third kappa shape index (κ3) is 1.64. The van der Waals surface area contributed by atoms with Crippen LogP contribution in [0.3, 0.4) is 0 Å². The number of benzene rings is 1. The standard InChI is InChI=1S/C10H8ClNO3/c11-9-4-6-7(2-1-3-8(6)13)12(9)5-10(14)15/h1-4,13H,5H2,(H,14,15). The molecule has 0 unspecified atom stereocenters. The maximum atomic E-state index is 10.6. The monoisotopic (exact) mass is 225 g/mol. The Labute approximate surface area is 90.3 Å². The first-order chi connectivity index (χ1) is 7.09. The average Bonchev–Trinajstić information content (AvgIpc) is 2.45. The SMILES string of the molecule is O=C(O)Cn1c(Cl)cc2c(O)cccc21. The van der Waals surface area contributed by atoms with Crippen LogP contribution < -0.4 is 0 Å². The van der Waals surface area contributed by atoms with Crippen LogP contribution in [0, 0.1) is 0 Å². The van der Waals surface area contributed by atoms with Gasteiger partial charge >= 0.3 is 5.97 Å². The third-order valence-electron chi connectivity index (χ3n) is 2.17. The summed E-state index contributed by atoms with van der Waals surface area (Å²) in [6, 6.07) is 6.44. The molecular weight excluding hydrogens is 218 g/mol. The van der Waals surface area contributed by atoms with Gasteiger partial charge in [0.2, 0.25) is 0 Å². The van der Waals surface area contributed by atoms with Crippen molar-refractivity contribution in [3.05, 3.63) is 29.4 Å². The van der Waals surface area contributed by atoms with E-state index in [-0.39, 0.29) is 12.3 Å². The fourth-order valence-corrected chi connectivity index (χ4v) is 1.79. The van der Waals surface area contributed by atoms with Gasteiger partial charge in [-0.3, -0.25) is 4.79 Å². The number of carboxylic acid groups (broad SMARTS) is 1. The van der Waals surface area contributed by atoms with Crippen molar-refractivity contribution in [3.63, 3.8) is 0 Å². The van der Waals surface area contributed by atoms with E-state index in [9.17, 15) is 9.90 Å². The molecule has 0 saturated heterocycles. The van der Waals surface area contributed by atoms with Gasteiger partial charge in [-0.1, -0.05) is 17.7 Å². The summed E-state index contributed by atoms with van der Waals surface area (Å²) >= 11 is 5.87. The molecule has 0 amide bonds. The molecule has 0 saturated carbocycles. The second kappa shape index (κ2) is 3.47. The number of hydrogen-bond donors (Lipinski definition) is 2. The van der Waals surface area contributed by atoms with E-state index in [1.54, 1.807) is 18.2 Å². The first kappa shape index (κ1) is 9.86. The summed E-state index contributed by atoms with van der Waals surface area (Å²) in [5.41, 5.74) is 0.613. The molecule has 0 aliphatic rings. The van der Waals surface area contributed by atoms with Crippen LogP contribution in [0.25, 0.3) is 10.9 Å². The van der Waals surface area contributed by atoms with Crippen LogP contribution >= 0.6 is 11.6 Å². The molecule has 1 aromatic carbocycles. The van der Waals surface area contributed by atoms with Crippen LogP contribution in [0.4, 0.5) is 0 Å². The summed E-state index contributed by atoms with van der Waals surface area (Å²) in [6.45, 7) is -0.216. The van der Waals surface area contributed by atoms with Crippen LogP contribution in [-0.4, -0.2) is 20.7 Å². The normalized spacial score (nSPS) is 10.7. The molecule has 5 heteroatoms. The first-order valence-electron chi connectivity index (χ1n) is 4.28. The molecule has 0 aliphatic heterocycles. The Morgan fingerprint density at radius 1 is 1.47 bits per heavy atom. The fourth-order valence-electron chi connectivity index (χ4n) is 1.53. The molecule has 1 aromatic heterocycles. The molecule has 0 radical (unpaired) electrons. The summed E-state index contributed by atoms with van der Waals surface area (Å²) in [4.78, 5) is 10.6. The fraction of sp³-hybridized carbons (Fsp3) is 0.100. The number of carbonyl (C=O) groups is 1.